The second-order valence-corrected chi connectivity index (χ2v) is 12.4. The predicted molar refractivity (Wildman–Crippen MR) is 163 cm³/mol. The highest BCUT2D eigenvalue weighted by molar-refractivity contribution is 7.09. The molecule has 46 heavy (non-hydrogen) atoms. The van der Waals surface area contributed by atoms with Crippen LogP contribution in [0.3, 0.4) is 0 Å². The van der Waals surface area contributed by atoms with Crippen LogP contribution >= 0.6 is 11.3 Å². The highest BCUT2D eigenvalue weighted by Gasteiger charge is 2.53. The Balaban J connectivity index is 0.00000119. The van der Waals surface area contributed by atoms with Gasteiger partial charge in [-0.05, 0) is 25.5 Å². The fourth-order valence-corrected chi connectivity index (χ4v) is 6.78. The van der Waals surface area contributed by atoms with E-state index >= 15 is 0 Å². The Bertz CT molecular complexity index is 1740. The summed E-state index contributed by atoms with van der Waals surface area (Å²) in [6.07, 6.45) is 3.92. The van der Waals surface area contributed by atoms with Gasteiger partial charge in [-0.2, -0.15) is 4.98 Å². The number of benzene rings is 1. The zero-order valence-corrected chi connectivity index (χ0v) is 25.8. The zero-order valence-electron chi connectivity index (χ0n) is 25.0. The van der Waals surface area contributed by atoms with Gasteiger partial charge in [0.1, 0.15) is 0 Å². The lowest BCUT2D eigenvalue weighted by Gasteiger charge is -2.40. The van der Waals surface area contributed by atoms with Gasteiger partial charge in [0.2, 0.25) is 17.6 Å². The molecule has 8 rings (SSSR count). The van der Waals surface area contributed by atoms with Crippen molar-refractivity contribution in [2.75, 3.05) is 45.9 Å². The normalized spacial score (nSPS) is 20.8. The number of ether oxygens (including phenoxy) is 2. The van der Waals surface area contributed by atoms with Gasteiger partial charge < -0.3 is 29.7 Å². The predicted octanol–water partition coefficient (Wildman–Crippen LogP) is 1.18. The van der Waals surface area contributed by atoms with Gasteiger partial charge in [-0.15, -0.1) is 16.4 Å². The van der Waals surface area contributed by atoms with Gasteiger partial charge in [-0.25, -0.2) is 14.5 Å². The van der Waals surface area contributed by atoms with Gasteiger partial charge in [0.25, 0.3) is 18.2 Å². The highest BCUT2D eigenvalue weighted by atomic mass is 32.1. The van der Waals surface area contributed by atoms with Crippen LogP contribution in [0.1, 0.15) is 39.2 Å². The monoisotopic (exact) mass is 648 g/mol. The first-order valence-electron chi connectivity index (χ1n) is 14.7. The number of nitrogens with zero attached hydrogens (tertiary/aromatic N) is 7. The topological polar surface area (TPSA) is 181 Å². The molecule has 2 atom stereocenters. The summed E-state index contributed by atoms with van der Waals surface area (Å²) < 4.78 is 13.9. The Morgan fingerprint density at radius 3 is 2.85 bits per heavy atom. The minimum atomic E-state index is -0.553. The van der Waals surface area contributed by atoms with Crippen molar-refractivity contribution in [1.29, 1.82) is 0 Å². The third-order valence-corrected chi connectivity index (χ3v) is 9.11. The summed E-state index contributed by atoms with van der Waals surface area (Å²) >= 11 is 1.52. The summed E-state index contributed by atoms with van der Waals surface area (Å²) in [5.74, 6) is 0.700. The molecule has 1 spiro atoms. The van der Waals surface area contributed by atoms with Gasteiger partial charge in [-0.1, -0.05) is 12.1 Å². The summed E-state index contributed by atoms with van der Waals surface area (Å²) in [6.45, 7) is 3.57. The van der Waals surface area contributed by atoms with E-state index in [1.807, 2.05) is 35.4 Å². The van der Waals surface area contributed by atoms with E-state index in [4.69, 9.17) is 19.4 Å². The first-order valence-corrected chi connectivity index (χ1v) is 15.6. The second kappa shape index (κ2) is 13.1. The van der Waals surface area contributed by atoms with E-state index in [9.17, 15) is 14.4 Å². The third-order valence-electron chi connectivity index (χ3n) is 8.29. The number of amides is 3. The maximum Gasteiger partial charge on any atom is 0.294 e. The van der Waals surface area contributed by atoms with Crippen molar-refractivity contribution in [2.24, 2.45) is 5.41 Å². The van der Waals surface area contributed by atoms with E-state index in [1.54, 1.807) is 18.5 Å². The Morgan fingerprint density at radius 2 is 2.07 bits per heavy atom. The van der Waals surface area contributed by atoms with Crippen molar-refractivity contribution in [3.8, 4) is 11.5 Å². The number of para-hydroxylation sites is 1. The maximum atomic E-state index is 13.4. The number of rotatable bonds is 3. The molecule has 2 N–H and O–H groups in total. The standard InChI is InChI=1S/C29H30N8O5S.CH2O2/c1-18-32-19(14-43-18)11-24(39)36-12-21-20-5-2-6-22-25(20)42-17-29(21,16-36)15-31-23(38)13-35(8-4-10-41-22)27(40)26-33-28-30-7-3-9-37(28)34-26;2-1-3/h2-3,5-7,9,14,21H,4,8,10-13,15-17H2,1H3,(H,31,38);1H,(H,2,3)/t21-,29+;/m0./s1. The number of hydrogen-bond donors (Lipinski definition) is 2. The molecular formula is C30H32N8O7S. The number of aryl methyl sites for hydroxylation is 1. The quantitative estimate of drug-likeness (QED) is 0.305. The molecule has 4 aliphatic rings. The fraction of sp³-hybridized carbons (Fsp3) is 0.400. The molecule has 15 nitrogen and oxygen atoms in total. The third kappa shape index (κ3) is 6.20. The van der Waals surface area contributed by atoms with Gasteiger partial charge in [0.15, 0.2) is 11.5 Å². The van der Waals surface area contributed by atoms with E-state index in [-0.39, 0.29) is 56.1 Å². The summed E-state index contributed by atoms with van der Waals surface area (Å²) in [7, 11) is 0. The number of carbonyl (C=O) groups excluding carboxylic acids is 3. The first kappa shape index (κ1) is 30.9. The maximum absolute atomic E-state index is 13.4. The fourth-order valence-electron chi connectivity index (χ4n) is 6.17. The van der Waals surface area contributed by atoms with Crippen LogP contribution in [0.25, 0.3) is 5.78 Å². The molecule has 1 saturated heterocycles. The van der Waals surface area contributed by atoms with Crippen molar-refractivity contribution in [3.05, 3.63) is 64.1 Å². The average Bonchev–Trinajstić information content (AvgIpc) is 3.78. The number of carboxylic acid groups (broad SMARTS) is 1. The average molecular weight is 649 g/mol. The van der Waals surface area contributed by atoms with Crippen molar-refractivity contribution in [2.45, 2.75) is 25.7 Å². The molecule has 7 heterocycles. The van der Waals surface area contributed by atoms with Gasteiger partial charge in [-0.3, -0.25) is 19.2 Å². The summed E-state index contributed by atoms with van der Waals surface area (Å²) in [5, 5.41) is 17.0. The van der Waals surface area contributed by atoms with Crippen LogP contribution in [-0.2, 0) is 20.8 Å². The van der Waals surface area contributed by atoms with Crippen LogP contribution in [0.4, 0.5) is 0 Å². The molecule has 3 amide bonds. The lowest BCUT2D eigenvalue weighted by Crippen LogP contribution is -2.50. The number of thiazole rings is 1. The van der Waals surface area contributed by atoms with E-state index in [1.165, 1.54) is 20.8 Å². The zero-order chi connectivity index (χ0) is 32.3. The van der Waals surface area contributed by atoms with Gasteiger partial charge >= 0.3 is 0 Å². The molecule has 0 radical (unpaired) electrons. The van der Waals surface area contributed by atoms with Gasteiger partial charge in [0.05, 0.1) is 36.9 Å². The van der Waals surface area contributed by atoms with E-state index < -0.39 is 11.3 Å². The Kier molecular flexibility index (Phi) is 8.78. The molecular weight excluding hydrogens is 616 g/mol. The lowest BCUT2D eigenvalue weighted by molar-refractivity contribution is -0.130. The van der Waals surface area contributed by atoms with Crippen LogP contribution in [0.5, 0.6) is 11.5 Å². The van der Waals surface area contributed by atoms with Crippen molar-refractivity contribution in [3.63, 3.8) is 0 Å². The van der Waals surface area contributed by atoms with Crippen LogP contribution in [-0.4, -0.2) is 110 Å². The molecule has 1 aromatic carbocycles. The summed E-state index contributed by atoms with van der Waals surface area (Å²) in [6, 6.07) is 7.52. The molecule has 0 unspecified atom stereocenters. The Hall–Kier alpha value is -5.12. The molecule has 240 valence electrons. The van der Waals surface area contributed by atoms with Crippen LogP contribution in [0.15, 0.2) is 42.0 Å². The van der Waals surface area contributed by atoms with Gasteiger partial charge in [0, 0.05) is 60.8 Å². The smallest absolute Gasteiger partial charge is 0.294 e. The molecule has 0 aliphatic carbocycles. The number of fused-ring (bicyclic) bond motifs is 10. The summed E-state index contributed by atoms with van der Waals surface area (Å²) in [5.41, 5.74) is 1.18. The molecule has 4 aromatic rings. The molecule has 0 saturated carbocycles. The van der Waals surface area contributed by atoms with Crippen molar-refractivity contribution in [1.82, 2.24) is 39.7 Å². The number of aromatic nitrogens is 5. The van der Waals surface area contributed by atoms with E-state index in [0.29, 0.717) is 50.0 Å². The minimum Gasteiger partial charge on any atom is -0.490 e. The van der Waals surface area contributed by atoms with Crippen molar-refractivity contribution >= 4 is 41.3 Å². The molecule has 16 heteroatoms. The summed E-state index contributed by atoms with van der Waals surface area (Å²) in [4.78, 5) is 64.7. The van der Waals surface area contributed by atoms with Crippen LogP contribution in [0.2, 0.25) is 0 Å². The lowest BCUT2D eigenvalue weighted by atomic mass is 9.73. The van der Waals surface area contributed by atoms with E-state index in [2.05, 4.69) is 25.4 Å². The number of nitrogens with one attached hydrogen (secondary N) is 1. The van der Waals surface area contributed by atoms with Crippen LogP contribution in [0, 0.1) is 12.3 Å². The largest absolute Gasteiger partial charge is 0.490 e. The van der Waals surface area contributed by atoms with E-state index in [0.717, 1.165) is 16.3 Å². The minimum absolute atomic E-state index is 0.0107. The molecule has 4 bridgehead atoms. The Labute approximate surface area is 267 Å². The van der Waals surface area contributed by atoms with Crippen molar-refractivity contribution < 1.29 is 33.8 Å². The van der Waals surface area contributed by atoms with Crippen LogP contribution < -0.4 is 14.8 Å². The second-order valence-electron chi connectivity index (χ2n) is 11.3. The molecule has 3 aromatic heterocycles. The number of hydrogen-bond acceptors (Lipinski definition) is 11. The number of carbonyl (C=O) groups is 4. The first-order chi connectivity index (χ1) is 22.3. The molecule has 1 fully saturated rings. The Morgan fingerprint density at radius 1 is 1.22 bits per heavy atom. The number of likely N-dealkylation sites (tertiary alicyclic amines) is 1. The molecule has 4 aliphatic heterocycles. The SMILES string of the molecule is Cc1nc(CC(=O)N2C[C@H]3c4cccc5c4OC[C@@]3(CNC(=O)CN(C(=O)c3nc4ncccn4n3)CCCO5)C2)cs1.O=CO. The highest BCUT2D eigenvalue weighted by Crippen LogP contribution is 2.52.